The number of benzene rings is 2. The first-order valence-electron chi connectivity index (χ1n) is 9.37. The van der Waals surface area contributed by atoms with Gasteiger partial charge in [0.05, 0.1) is 22.9 Å². The van der Waals surface area contributed by atoms with E-state index >= 15 is 0 Å². The van der Waals surface area contributed by atoms with E-state index in [1.165, 1.54) is 16.2 Å². The van der Waals surface area contributed by atoms with Crippen molar-refractivity contribution in [2.75, 3.05) is 30.9 Å². The standard InChI is InChI=1S/C21H21ClN2O3S2/c1-28-17-8-9-18-19(11-17)29-21(23-18)24(12-16-3-2-10-26-16)20(25)13-27-15-6-4-14(22)5-7-15/h4-9,11,16H,2-3,10,12-13H2,1H3. The van der Waals surface area contributed by atoms with Crippen LogP contribution in [0.1, 0.15) is 12.8 Å². The van der Waals surface area contributed by atoms with Crippen LogP contribution in [-0.2, 0) is 9.53 Å². The summed E-state index contributed by atoms with van der Waals surface area (Å²) in [4.78, 5) is 20.6. The fourth-order valence-electron chi connectivity index (χ4n) is 3.17. The molecule has 0 aliphatic carbocycles. The van der Waals surface area contributed by atoms with Crippen LogP contribution >= 0.6 is 34.7 Å². The fraction of sp³-hybridized carbons (Fsp3) is 0.333. The number of ether oxygens (including phenoxy) is 2. The Morgan fingerprint density at radius 3 is 2.90 bits per heavy atom. The lowest BCUT2D eigenvalue weighted by molar-refractivity contribution is -0.120. The van der Waals surface area contributed by atoms with Crippen LogP contribution in [0.3, 0.4) is 0 Å². The van der Waals surface area contributed by atoms with Gasteiger partial charge in [-0.05, 0) is 61.6 Å². The summed E-state index contributed by atoms with van der Waals surface area (Å²) in [6.07, 6.45) is 4.04. The van der Waals surface area contributed by atoms with E-state index in [1.54, 1.807) is 40.9 Å². The predicted octanol–water partition coefficient (Wildman–Crippen LogP) is 5.26. The molecule has 1 fully saturated rings. The summed E-state index contributed by atoms with van der Waals surface area (Å²) in [5.74, 6) is 0.466. The lowest BCUT2D eigenvalue weighted by atomic mass is 10.2. The Labute approximate surface area is 183 Å². The highest BCUT2D eigenvalue weighted by Gasteiger charge is 2.26. The van der Waals surface area contributed by atoms with Gasteiger partial charge in [0.1, 0.15) is 5.75 Å². The van der Waals surface area contributed by atoms with Crippen molar-refractivity contribution in [1.82, 2.24) is 4.98 Å². The summed E-state index contributed by atoms with van der Waals surface area (Å²) in [5.41, 5.74) is 0.895. The second-order valence-electron chi connectivity index (χ2n) is 6.71. The van der Waals surface area contributed by atoms with Gasteiger partial charge in [-0.1, -0.05) is 22.9 Å². The molecule has 0 radical (unpaired) electrons. The van der Waals surface area contributed by atoms with E-state index in [0.717, 1.165) is 29.7 Å². The van der Waals surface area contributed by atoms with E-state index in [-0.39, 0.29) is 18.6 Å². The van der Waals surface area contributed by atoms with Gasteiger partial charge in [0.2, 0.25) is 0 Å². The molecule has 8 heteroatoms. The van der Waals surface area contributed by atoms with Gasteiger partial charge in [-0.2, -0.15) is 0 Å². The Morgan fingerprint density at radius 2 is 2.17 bits per heavy atom. The number of amides is 1. The number of carbonyl (C=O) groups is 1. The van der Waals surface area contributed by atoms with Crippen molar-refractivity contribution in [3.05, 3.63) is 47.5 Å². The Hall–Kier alpha value is -1.80. The molecule has 0 N–H and O–H groups in total. The number of rotatable bonds is 7. The Bertz CT molecular complexity index is 987. The Morgan fingerprint density at radius 1 is 1.34 bits per heavy atom. The molecule has 1 amide bonds. The monoisotopic (exact) mass is 448 g/mol. The minimum absolute atomic E-state index is 0.0308. The molecule has 1 unspecified atom stereocenters. The van der Waals surface area contributed by atoms with Crippen molar-refractivity contribution in [3.8, 4) is 5.75 Å². The van der Waals surface area contributed by atoms with E-state index < -0.39 is 0 Å². The fourth-order valence-corrected chi connectivity index (χ4v) is 4.84. The Balaban J connectivity index is 1.55. The summed E-state index contributed by atoms with van der Waals surface area (Å²) in [6.45, 7) is 1.16. The van der Waals surface area contributed by atoms with Crippen molar-refractivity contribution >= 4 is 56.0 Å². The molecular formula is C21H21ClN2O3S2. The highest BCUT2D eigenvalue weighted by atomic mass is 35.5. The largest absolute Gasteiger partial charge is 0.484 e. The zero-order chi connectivity index (χ0) is 20.2. The van der Waals surface area contributed by atoms with Gasteiger partial charge in [-0.25, -0.2) is 4.98 Å². The molecule has 1 saturated heterocycles. The van der Waals surface area contributed by atoms with Gasteiger partial charge < -0.3 is 9.47 Å². The summed E-state index contributed by atoms with van der Waals surface area (Å²) in [5, 5.41) is 1.31. The number of aromatic nitrogens is 1. The van der Waals surface area contributed by atoms with E-state index in [4.69, 9.17) is 26.1 Å². The second kappa shape index (κ2) is 9.34. The summed E-state index contributed by atoms with van der Waals surface area (Å²) in [7, 11) is 0. The van der Waals surface area contributed by atoms with Crippen molar-refractivity contribution in [2.45, 2.75) is 23.8 Å². The summed E-state index contributed by atoms with van der Waals surface area (Å²) < 4.78 is 12.5. The number of halogens is 1. The van der Waals surface area contributed by atoms with Gasteiger partial charge in [0.15, 0.2) is 11.7 Å². The first-order valence-corrected chi connectivity index (χ1v) is 11.8. The van der Waals surface area contributed by atoms with Crippen molar-refractivity contribution in [2.24, 2.45) is 0 Å². The minimum atomic E-state index is -0.139. The molecule has 1 aromatic heterocycles. The lowest BCUT2D eigenvalue weighted by Gasteiger charge is -2.23. The molecule has 2 aromatic carbocycles. The van der Waals surface area contributed by atoms with E-state index in [1.807, 2.05) is 18.4 Å². The van der Waals surface area contributed by atoms with E-state index in [0.29, 0.717) is 22.4 Å². The SMILES string of the molecule is CSc1ccc2nc(N(CC3CCCO3)C(=O)COc3ccc(Cl)cc3)sc2c1. The third-order valence-electron chi connectivity index (χ3n) is 4.70. The minimum Gasteiger partial charge on any atom is -0.484 e. The normalized spacial score (nSPS) is 16.3. The maximum atomic E-state index is 13.1. The number of hydrogen-bond acceptors (Lipinski definition) is 6. The van der Waals surface area contributed by atoms with Crippen LogP contribution in [0.4, 0.5) is 5.13 Å². The quantitative estimate of drug-likeness (QED) is 0.461. The summed E-state index contributed by atoms with van der Waals surface area (Å²) >= 11 is 9.12. The molecule has 4 rings (SSSR count). The highest BCUT2D eigenvalue weighted by molar-refractivity contribution is 7.98. The molecule has 2 heterocycles. The van der Waals surface area contributed by atoms with Crippen LogP contribution in [0.2, 0.25) is 5.02 Å². The van der Waals surface area contributed by atoms with Crippen LogP contribution < -0.4 is 9.64 Å². The molecule has 0 saturated carbocycles. The molecule has 3 aromatic rings. The average Bonchev–Trinajstić information content (AvgIpc) is 3.40. The van der Waals surface area contributed by atoms with Crippen LogP contribution in [-0.4, -0.2) is 43.0 Å². The number of carbonyl (C=O) groups excluding carboxylic acids is 1. The third-order valence-corrected chi connectivity index (χ3v) is 6.72. The number of thiazole rings is 1. The van der Waals surface area contributed by atoms with Crippen LogP contribution in [0.25, 0.3) is 10.2 Å². The van der Waals surface area contributed by atoms with Crippen molar-refractivity contribution < 1.29 is 14.3 Å². The molecule has 1 aliphatic heterocycles. The first-order chi connectivity index (χ1) is 14.1. The molecule has 1 aliphatic rings. The van der Waals surface area contributed by atoms with Crippen molar-refractivity contribution in [3.63, 3.8) is 0 Å². The van der Waals surface area contributed by atoms with E-state index in [9.17, 15) is 4.79 Å². The molecular weight excluding hydrogens is 428 g/mol. The number of fused-ring (bicyclic) bond motifs is 1. The summed E-state index contributed by atoms with van der Waals surface area (Å²) in [6, 6.07) is 13.1. The Kier molecular flexibility index (Phi) is 6.60. The van der Waals surface area contributed by atoms with Gasteiger partial charge in [0.25, 0.3) is 5.91 Å². The molecule has 29 heavy (non-hydrogen) atoms. The van der Waals surface area contributed by atoms with E-state index in [2.05, 4.69) is 6.07 Å². The first kappa shape index (κ1) is 20.5. The molecule has 0 spiro atoms. The molecule has 0 bridgehead atoms. The number of nitrogens with zero attached hydrogens (tertiary/aromatic N) is 2. The molecule has 1 atom stereocenters. The van der Waals surface area contributed by atoms with Crippen LogP contribution in [0.15, 0.2) is 47.4 Å². The van der Waals surface area contributed by atoms with Crippen LogP contribution in [0.5, 0.6) is 5.75 Å². The predicted molar refractivity (Wildman–Crippen MR) is 120 cm³/mol. The third kappa shape index (κ3) is 5.04. The van der Waals surface area contributed by atoms with Crippen LogP contribution in [0, 0.1) is 0 Å². The lowest BCUT2D eigenvalue weighted by Crippen LogP contribution is -2.40. The molecule has 5 nitrogen and oxygen atoms in total. The topological polar surface area (TPSA) is 51.7 Å². The second-order valence-corrected chi connectivity index (χ2v) is 9.04. The maximum Gasteiger partial charge on any atom is 0.266 e. The zero-order valence-corrected chi connectivity index (χ0v) is 18.4. The average molecular weight is 449 g/mol. The number of thioether (sulfide) groups is 1. The van der Waals surface area contributed by atoms with Gasteiger partial charge >= 0.3 is 0 Å². The molecule has 152 valence electrons. The maximum absolute atomic E-state index is 13.1. The van der Waals surface area contributed by atoms with Crippen molar-refractivity contribution in [1.29, 1.82) is 0 Å². The van der Waals surface area contributed by atoms with Gasteiger partial charge in [-0.3, -0.25) is 9.69 Å². The smallest absolute Gasteiger partial charge is 0.266 e. The highest BCUT2D eigenvalue weighted by Crippen LogP contribution is 2.32. The number of anilines is 1. The number of hydrogen-bond donors (Lipinski definition) is 0. The van der Waals surface area contributed by atoms with Gasteiger partial charge in [0, 0.05) is 16.5 Å². The van der Waals surface area contributed by atoms with Gasteiger partial charge in [-0.15, -0.1) is 11.8 Å². The zero-order valence-electron chi connectivity index (χ0n) is 16.0.